The van der Waals surface area contributed by atoms with Gasteiger partial charge in [-0.3, -0.25) is 4.79 Å². The lowest BCUT2D eigenvalue weighted by atomic mass is 9.94. The van der Waals surface area contributed by atoms with E-state index in [2.05, 4.69) is 39.6 Å². The lowest BCUT2D eigenvalue weighted by Crippen LogP contribution is -2.38. The molecule has 0 heterocycles. The van der Waals surface area contributed by atoms with Crippen LogP contribution in [-0.2, 0) is 16.0 Å². The highest BCUT2D eigenvalue weighted by Crippen LogP contribution is 2.28. The third-order valence-corrected chi connectivity index (χ3v) is 4.38. The maximum Gasteiger partial charge on any atom is 0.406 e. The molecule has 2 atom stereocenters. The number of nitrogens with one attached hydrogen (secondary N) is 2. The van der Waals surface area contributed by atoms with Crippen molar-refractivity contribution in [1.29, 1.82) is 0 Å². The standard InChI is InChI=1S/C18H26N2O3/c1-23-18(22)19-12-6-11-17(21)20-16-10-5-9-15(16)13-14-7-3-2-4-8-14/h2-4,7-8,15-16H,5-6,9-13H2,1H3,(H,19,22)(H,20,21)/t15-,16+/m0/s1. The van der Waals surface area contributed by atoms with Gasteiger partial charge in [0.15, 0.2) is 0 Å². The van der Waals surface area contributed by atoms with Gasteiger partial charge in [0.1, 0.15) is 0 Å². The fourth-order valence-electron chi connectivity index (χ4n) is 3.18. The zero-order chi connectivity index (χ0) is 16.5. The average Bonchev–Trinajstić information content (AvgIpc) is 2.99. The molecule has 1 saturated carbocycles. The second-order valence-electron chi connectivity index (χ2n) is 6.08. The summed E-state index contributed by atoms with van der Waals surface area (Å²) in [6, 6.07) is 10.7. The first-order chi connectivity index (χ1) is 11.2. The number of amides is 2. The number of hydrogen-bond acceptors (Lipinski definition) is 3. The summed E-state index contributed by atoms with van der Waals surface area (Å²) in [6.07, 6.45) is 5.02. The van der Waals surface area contributed by atoms with E-state index in [1.165, 1.54) is 25.5 Å². The summed E-state index contributed by atoms with van der Waals surface area (Å²) in [4.78, 5) is 23.0. The molecule has 2 amide bonds. The maximum absolute atomic E-state index is 12.1. The second-order valence-corrected chi connectivity index (χ2v) is 6.08. The predicted molar refractivity (Wildman–Crippen MR) is 89.1 cm³/mol. The first-order valence-electron chi connectivity index (χ1n) is 8.34. The molecule has 0 unspecified atom stereocenters. The van der Waals surface area contributed by atoms with Gasteiger partial charge in [-0.25, -0.2) is 4.79 Å². The normalized spacial score (nSPS) is 20.0. The minimum Gasteiger partial charge on any atom is -0.453 e. The van der Waals surface area contributed by atoms with Gasteiger partial charge >= 0.3 is 6.09 Å². The lowest BCUT2D eigenvalue weighted by Gasteiger charge is -2.21. The largest absolute Gasteiger partial charge is 0.453 e. The number of hydrogen-bond donors (Lipinski definition) is 2. The Labute approximate surface area is 137 Å². The highest BCUT2D eigenvalue weighted by Gasteiger charge is 2.28. The number of alkyl carbamates (subject to hydrolysis) is 1. The molecule has 1 aliphatic rings. The lowest BCUT2D eigenvalue weighted by molar-refractivity contribution is -0.122. The number of rotatable bonds is 7. The molecule has 0 saturated heterocycles. The van der Waals surface area contributed by atoms with Crippen molar-refractivity contribution < 1.29 is 14.3 Å². The van der Waals surface area contributed by atoms with E-state index in [9.17, 15) is 9.59 Å². The Kier molecular flexibility index (Phi) is 6.91. The molecule has 126 valence electrons. The molecule has 1 aromatic rings. The number of benzene rings is 1. The Balaban J connectivity index is 1.71. The molecular weight excluding hydrogens is 292 g/mol. The van der Waals surface area contributed by atoms with Crippen LogP contribution in [0, 0.1) is 5.92 Å². The van der Waals surface area contributed by atoms with Crippen LogP contribution in [0.25, 0.3) is 0 Å². The Morgan fingerprint density at radius 2 is 2.00 bits per heavy atom. The van der Waals surface area contributed by atoms with Gasteiger partial charge in [-0.2, -0.15) is 0 Å². The van der Waals surface area contributed by atoms with Crippen molar-refractivity contribution in [2.45, 2.75) is 44.6 Å². The van der Waals surface area contributed by atoms with E-state index in [-0.39, 0.29) is 11.9 Å². The molecule has 23 heavy (non-hydrogen) atoms. The summed E-state index contributed by atoms with van der Waals surface area (Å²) >= 11 is 0. The summed E-state index contributed by atoms with van der Waals surface area (Å²) in [6.45, 7) is 0.457. The predicted octanol–water partition coefficient (Wildman–Crippen LogP) is 2.65. The number of carbonyl (C=O) groups is 2. The van der Waals surface area contributed by atoms with Crippen LogP contribution in [0.4, 0.5) is 4.79 Å². The van der Waals surface area contributed by atoms with E-state index < -0.39 is 6.09 Å². The molecule has 0 spiro atoms. The van der Waals surface area contributed by atoms with Gasteiger partial charge in [0, 0.05) is 19.0 Å². The van der Waals surface area contributed by atoms with Gasteiger partial charge < -0.3 is 15.4 Å². The first-order valence-corrected chi connectivity index (χ1v) is 8.34. The van der Waals surface area contributed by atoms with E-state index in [0.717, 1.165) is 12.8 Å². The van der Waals surface area contributed by atoms with Gasteiger partial charge in [-0.15, -0.1) is 0 Å². The Morgan fingerprint density at radius 3 is 2.74 bits per heavy atom. The van der Waals surface area contributed by atoms with Gasteiger partial charge in [0.05, 0.1) is 7.11 Å². The second kappa shape index (κ2) is 9.18. The van der Waals surface area contributed by atoms with Crippen molar-refractivity contribution in [3.05, 3.63) is 35.9 Å². The Morgan fingerprint density at radius 1 is 1.22 bits per heavy atom. The topological polar surface area (TPSA) is 67.4 Å². The smallest absolute Gasteiger partial charge is 0.406 e. The summed E-state index contributed by atoms with van der Waals surface area (Å²) in [7, 11) is 1.33. The number of methoxy groups -OCH3 is 1. The van der Waals surface area contributed by atoms with Crippen LogP contribution in [0.1, 0.15) is 37.7 Å². The van der Waals surface area contributed by atoms with Crippen LogP contribution in [0.2, 0.25) is 0 Å². The minimum atomic E-state index is -0.455. The van der Waals surface area contributed by atoms with E-state index >= 15 is 0 Å². The average molecular weight is 318 g/mol. The fraction of sp³-hybridized carbons (Fsp3) is 0.556. The molecule has 1 fully saturated rings. The van der Waals surface area contributed by atoms with E-state index in [1.54, 1.807) is 0 Å². The van der Waals surface area contributed by atoms with E-state index in [4.69, 9.17) is 0 Å². The molecule has 1 aliphatic carbocycles. The molecule has 0 bridgehead atoms. The van der Waals surface area contributed by atoms with Crippen LogP contribution in [0.5, 0.6) is 0 Å². The van der Waals surface area contributed by atoms with E-state index in [1.807, 2.05) is 6.07 Å². The molecule has 5 nitrogen and oxygen atoms in total. The summed E-state index contributed by atoms with van der Waals surface area (Å²) in [5.74, 6) is 0.594. The molecule has 0 aliphatic heterocycles. The third-order valence-electron chi connectivity index (χ3n) is 4.38. The van der Waals surface area contributed by atoms with Gasteiger partial charge in [0.2, 0.25) is 5.91 Å². The van der Waals surface area contributed by atoms with Crippen LogP contribution in [0.15, 0.2) is 30.3 Å². The zero-order valence-electron chi connectivity index (χ0n) is 13.7. The van der Waals surface area contributed by atoms with Crippen molar-refractivity contribution >= 4 is 12.0 Å². The van der Waals surface area contributed by atoms with Crippen molar-refractivity contribution in [2.24, 2.45) is 5.92 Å². The highest BCUT2D eigenvalue weighted by atomic mass is 16.5. The highest BCUT2D eigenvalue weighted by molar-refractivity contribution is 5.76. The fourth-order valence-corrected chi connectivity index (χ4v) is 3.18. The molecule has 0 radical (unpaired) electrons. The number of ether oxygens (including phenoxy) is 1. The molecular formula is C18H26N2O3. The first kappa shape index (κ1) is 17.3. The summed E-state index contributed by atoms with van der Waals surface area (Å²) < 4.78 is 4.48. The monoisotopic (exact) mass is 318 g/mol. The zero-order valence-corrected chi connectivity index (χ0v) is 13.7. The van der Waals surface area contributed by atoms with Crippen LogP contribution < -0.4 is 10.6 Å². The van der Waals surface area contributed by atoms with E-state index in [0.29, 0.717) is 25.3 Å². The Hall–Kier alpha value is -2.04. The van der Waals surface area contributed by atoms with Crippen LogP contribution in [0.3, 0.4) is 0 Å². The molecule has 2 N–H and O–H groups in total. The quantitative estimate of drug-likeness (QED) is 0.760. The third kappa shape index (κ3) is 5.93. The van der Waals surface area contributed by atoms with Crippen molar-refractivity contribution in [1.82, 2.24) is 10.6 Å². The van der Waals surface area contributed by atoms with Crippen molar-refractivity contribution in [3.63, 3.8) is 0 Å². The SMILES string of the molecule is COC(=O)NCCCC(=O)N[C@@H]1CCC[C@H]1Cc1ccccc1. The van der Waals surface area contributed by atoms with Gasteiger partial charge in [-0.05, 0) is 37.2 Å². The molecule has 0 aromatic heterocycles. The Bertz CT molecular complexity index is 504. The maximum atomic E-state index is 12.1. The molecule has 1 aromatic carbocycles. The number of carbonyl (C=O) groups excluding carboxylic acids is 2. The van der Waals surface area contributed by atoms with Crippen molar-refractivity contribution in [3.8, 4) is 0 Å². The van der Waals surface area contributed by atoms with Crippen LogP contribution in [-0.4, -0.2) is 31.7 Å². The van der Waals surface area contributed by atoms with Gasteiger partial charge in [-0.1, -0.05) is 36.8 Å². The summed E-state index contributed by atoms with van der Waals surface area (Å²) in [5, 5.41) is 5.75. The summed E-state index contributed by atoms with van der Waals surface area (Å²) in [5.41, 5.74) is 1.33. The van der Waals surface area contributed by atoms with Crippen molar-refractivity contribution in [2.75, 3.05) is 13.7 Å². The molecule has 2 rings (SSSR count). The van der Waals surface area contributed by atoms with Crippen LogP contribution >= 0.6 is 0 Å². The molecule has 5 heteroatoms. The van der Waals surface area contributed by atoms with Gasteiger partial charge in [0.25, 0.3) is 0 Å². The minimum absolute atomic E-state index is 0.0710.